The largest absolute Gasteiger partial charge is 0.207 e. The van der Waals surface area contributed by atoms with Crippen molar-refractivity contribution in [2.45, 2.75) is 47.0 Å². The summed E-state index contributed by atoms with van der Waals surface area (Å²) in [6, 6.07) is 5.05. The van der Waals surface area contributed by atoms with Gasteiger partial charge in [0.25, 0.3) is 0 Å². The van der Waals surface area contributed by atoms with E-state index in [0.29, 0.717) is 5.92 Å². The third kappa shape index (κ3) is 3.49. The fourth-order valence-corrected chi connectivity index (χ4v) is 1.43. The summed E-state index contributed by atoms with van der Waals surface area (Å²) in [4.78, 5) is 0. The van der Waals surface area contributed by atoms with Crippen LogP contribution in [0.2, 0.25) is 0 Å². The van der Waals surface area contributed by atoms with Gasteiger partial charge in [0, 0.05) is 0 Å². The molecule has 0 aliphatic rings. The quantitative estimate of drug-likeness (QED) is 0.651. The summed E-state index contributed by atoms with van der Waals surface area (Å²) in [6.45, 7) is 10.3. The molecule has 1 aromatic carbocycles. The van der Waals surface area contributed by atoms with E-state index >= 15 is 0 Å². The van der Waals surface area contributed by atoms with Crippen molar-refractivity contribution in [1.82, 2.24) is 0 Å². The van der Waals surface area contributed by atoms with Crippen LogP contribution < -0.4 is 0 Å². The molecule has 1 aromatic rings. The fourth-order valence-electron chi connectivity index (χ4n) is 1.43. The Morgan fingerprint density at radius 1 is 1.21 bits per heavy atom. The van der Waals surface area contributed by atoms with Crippen LogP contribution in [0.4, 0.5) is 4.39 Å². The molecule has 0 heterocycles. The lowest BCUT2D eigenvalue weighted by Crippen LogP contribution is -1.95. The lowest BCUT2D eigenvalue weighted by molar-refractivity contribution is 0.621. The number of hydrogen-bond donors (Lipinski definition) is 0. The average Bonchev–Trinajstić information content (AvgIpc) is 2.20. The van der Waals surface area contributed by atoms with Crippen LogP contribution in [-0.2, 0) is 6.42 Å². The van der Waals surface area contributed by atoms with Gasteiger partial charge in [-0.15, -0.1) is 0 Å². The second-order valence-corrected chi connectivity index (χ2v) is 3.35. The van der Waals surface area contributed by atoms with Crippen LogP contribution in [0.1, 0.15) is 51.7 Å². The van der Waals surface area contributed by atoms with Gasteiger partial charge >= 0.3 is 0 Å². The molecule has 0 aliphatic heterocycles. The monoisotopic (exact) mass is 196 g/mol. The minimum absolute atomic E-state index is 0.129. The summed E-state index contributed by atoms with van der Waals surface area (Å²) >= 11 is 0. The first-order chi connectivity index (χ1) is 6.65. The second kappa shape index (κ2) is 6.58. The van der Waals surface area contributed by atoms with Gasteiger partial charge in [-0.3, -0.25) is 0 Å². The lowest BCUT2D eigenvalue weighted by Gasteiger charge is -2.10. The molecule has 1 heteroatoms. The first-order valence-corrected chi connectivity index (χ1v) is 5.43. The standard InChI is InChI=1S/C11H15F.C2H6/c1-4-9-5-6-10(12)7-11(9)8(2)3;1-2/h5-8H,4H2,1-3H3;1-2H3. The third-order valence-electron chi connectivity index (χ3n) is 2.11. The van der Waals surface area contributed by atoms with Gasteiger partial charge in [-0.2, -0.15) is 0 Å². The van der Waals surface area contributed by atoms with Crippen LogP contribution in [0.15, 0.2) is 18.2 Å². The molecule has 0 amide bonds. The summed E-state index contributed by atoms with van der Waals surface area (Å²) < 4.78 is 12.8. The highest BCUT2D eigenvalue weighted by Crippen LogP contribution is 2.20. The summed E-state index contributed by atoms with van der Waals surface area (Å²) in [5.41, 5.74) is 2.39. The van der Waals surface area contributed by atoms with E-state index in [4.69, 9.17) is 0 Å². The molecule has 1 rings (SSSR count). The average molecular weight is 196 g/mol. The van der Waals surface area contributed by atoms with E-state index in [1.165, 1.54) is 11.6 Å². The summed E-state index contributed by atoms with van der Waals surface area (Å²) in [6.07, 6.45) is 0.980. The van der Waals surface area contributed by atoms with E-state index in [9.17, 15) is 4.39 Å². The summed E-state index contributed by atoms with van der Waals surface area (Å²) in [5, 5.41) is 0. The highest BCUT2D eigenvalue weighted by Gasteiger charge is 2.05. The molecule has 0 fully saturated rings. The maximum absolute atomic E-state index is 12.8. The highest BCUT2D eigenvalue weighted by molar-refractivity contribution is 5.30. The Hall–Kier alpha value is -0.850. The number of benzene rings is 1. The van der Waals surface area contributed by atoms with Crippen molar-refractivity contribution in [2.24, 2.45) is 0 Å². The zero-order valence-electron chi connectivity index (χ0n) is 9.89. The van der Waals surface area contributed by atoms with Crippen LogP contribution in [0.3, 0.4) is 0 Å². The van der Waals surface area contributed by atoms with Crippen molar-refractivity contribution in [3.63, 3.8) is 0 Å². The van der Waals surface area contributed by atoms with Crippen molar-refractivity contribution in [1.29, 1.82) is 0 Å². The topological polar surface area (TPSA) is 0 Å². The van der Waals surface area contributed by atoms with Gasteiger partial charge in [0.15, 0.2) is 0 Å². The van der Waals surface area contributed by atoms with Crippen LogP contribution in [-0.4, -0.2) is 0 Å². The molecule has 14 heavy (non-hydrogen) atoms. The molecule has 0 spiro atoms. The fraction of sp³-hybridized carbons (Fsp3) is 0.538. The maximum Gasteiger partial charge on any atom is 0.123 e. The number of halogens is 1. The first kappa shape index (κ1) is 13.2. The Balaban J connectivity index is 0.000000791. The molecule has 0 saturated carbocycles. The molecule has 0 radical (unpaired) electrons. The van der Waals surface area contributed by atoms with Gasteiger partial charge in [0.05, 0.1) is 0 Å². The van der Waals surface area contributed by atoms with Crippen molar-refractivity contribution in [2.75, 3.05) is 0 Å². The maximum atomic E-state index is 12.8. The van der Waals surface area contributed by atoms with Crippen LogP contribution in [0.25, 0.3) is 0 Å². The second-order valence-electron chi connectivity index (χ2n) is 3.35. The molecule has 0 aliphatic carbocycles. The molecule has 80 valence electrons. The normalized spacial score (nSPS) is 9.64. The number of aryl methyl sites for hydroxylation is 1. The Morgan fingerprint density at radius 2 is 1.79 bits per heavy atom. The van der Waals surface area contributed by atoms with Gasteiger partial charge in [0.2, 0.25) is 0 Å². The van der Waals surface area contributed by atoms with E-state index in [1.54, 1.807) is 6.07 Å². The molecule has 0 nitrogen and oxygen atoms in total. The number of hydrogen-bond acceptors (Lipinski definition) is 0. The molecular weight excluding hydrogens is 175 g/mol. The molecule has 0 saturated heterocycles. The SMILES string of the molecule is CC.CCc1ccc(F)cc1C(C)C. The van der Waals surface area contributed by atoms with E-state index < -0.39 is 0 Å². The highest BCUT2D eigenvalue weighted by atomic mass is 19.1. The van der Waals surface area contributed by atoms with Crippen molar-refractivity contribution in [3.8, 4) is 0 Å². The van der Waals surface area contributed by atoms with E-state index in [1.807, 2.05) is 19.9 Å². The van der Waals surface area contributed by atoms with Crippen molar-refractivity contribution in [3.05, 3.63) is 35.1 Å². The lowest BCUT2D eigenvalue weighted by atomic mass is 9.96. The Labute approximate surface area is 87.2 Å². The minimum Gasteiger partial charge on any atom is -0.207 e. The molecular formula is C13H21F. The zero-order valence-corrected chi connectivity index (χ0v) is 9.89. The first-order valence-electron chi connectivity index (χ1n) is 5.43. The smallest absolute Gasteiger partial charge is 0.123 e. The Bertz CT molecular complexity index is 264. The zero-order chi connectivity index (χ0) is 11.1. The van der Waals surface area contributed by atoms with Crippen LogP contribution in [0, 0.1) is 5.82 Å². The predicted molar refractivity (Wildman–Crippen MR) is 61.2 cm³/mol. The summed E-state index contributed by atoms with van der Waals surface area (Å²) in [7, 11) is 0. The van der Waals surface area contributed by atoms with E-state index in [0.717, 1.165) is 12.0 Å². The molecule has 0 atom stereocenters. The summed E-state index contributed by atoms with van der Waals surface area (Å²) in [5.74, 6) is 0.284. The molecule has 0 unspecified atom stereocenters. The van der Waals surface area contributed by atoms with E-state index in [2.05, 4.69) is 20.8 Å². The molecule has 0 N–H and O–H groups in total. The van der Waals surface area contributed by atoms with Crippen molar-refractivity contribution < 1.29 is 4.39 Å². The van der Waals surface area contributed by atoms with Gasteiger partial charge in [-0.1, -0.05) is 40.7 Å². The minimum atomic E-state index is -0.129. The Kier molecular flexibility index (Phi) is 6.18. The van der Waals surface area contributed by atoms with Gasteiger partial charge in [0.1, 0.15) is 5.82 Å². The van der Waals surface area contributed by atoms with Crippen LogP contribution >= 0.6 is 0 Å². The van der Waals surface area contributed by atoms with Gasteiger partial charge in [-0.25, -0.2) is 4.39 Å². The Morgan fingerprint density at radius 3 is 2.21 bits per heavy atom. The van der Waals surface area contributed by atoms with Gasteiger partial charge < -0.3 is 0 Å². The van der Waals surface area contributed by atoms with Crippen LogP contribution in [0.5, 0.6) is 0 Å². The predicted octanol–water partition coefficient (Wildman–Crippen LogP) is 4.54. The van der Waals surface area contributed by atoms with Gasteiger partial charge in [-0.05, 0) is 35.6 Å². The molecule has 0 aromatic heterocycles. The third-order valence-corrected chi connectivity index (χ3v) is 2.11. The molecule has 0 bridgehead atoms. The van der Waals surface area contributed by atoms with Crippen molar-refractivity contribution >= 4 is 0 Å². The van der Waals surface area contributed by atoms with E-state index in [-0.39, 0.29) is 5.82 Å². The number of rotatable bonds is 2.